The minimum Gasteiger partial charge on any atom is -0.433 e. The molecular weight excluding hydrogens is 124 g/mol. The van der Waals surface area contributed by atoms with Crippen molar-refractivity contribution in [1.82, 2.24) is 0 Å². The Labute approximate surface area is 52.1 Å². The van der Waals surface area contributed by atoms with E-state index in [2.05, 4.69) is 9.47 Å². The maximum Gasteiger partial charge on any atom is 0.298 e. The summed E-state index contributed by atoms with van der Waals surface area (Å²) in [6.07, 6.45) is 1.03. The van der Waals surface area contributed by atoms with Crippen LogP contribution in [0.25, 0.3) is 0 Å². The zero-order chi connectivity index (χ0) is 7.11. The van der Waals surface area contributed by atoms with Crippen molar-refractivity contribution < 1.29 is 19.1 Å². The molecular formula is C5H6O4. The van der Waals surface area contributed by atoms with Crippen LogP contribution < -0.4 is 0 Å². The third-order valence-electron chi connectivity index (χ3n) is 0.524. The van der Waals surface area contributed by atoms with Crippen molar-refractivity contribution in [3.05, 3.63) is 12.0 Å². The molecule has 0 heterocycles. The quantitative estimate of drug-likeness (QED) is 0.402. The summed E-state index contributed by atoms with van der Waals surface area (Å²) in [5, 5.41) is 0. The first-order valence-corrected chi connectivity index (χ1v) is 2.17. The molecule has 0 saturated carbocycles. The van der Waals surface area contributed by atoms with Gasteiger partial charge in [0.25, 0.3) is 12.9 Å². The fourth-order valence-corrected chi connectivity index (χ4v) is 0.227. The Morgan fingerprint density at radius 3 is 2.44 bits per heavy atom. The lowest BCUT2D eigenvalue weighted by atomic mass is 10.6. The van der Waals surface area contributed by atoms with Gasteiger partial charge in [-0.25, -0.2) is 0 Å². The molecule has 4 nitrogen and oxygen atoms in total. The number of rotatable bonds is 4. The Bertz CT molecular complexity index is 127. The predicted molar refractivity (Wildman–Crippen MR) is 28.1 cm³/mol. The van der Waals surface area contributed by atoms with E-state index in [9.17, 15) is 9.59 Å². The van der Waals surface area contributed by atoms with Gasteiger partial charge in [-0.1, -0.05) is 0 Å². The Balaban J connectivity index is 3.53. The highest BCUT2D eigenvalue weighted by atomic mass is 16.5. The first kappa shape index (κ1) is 7.68. The summed E-state index contributed by atoms with van der Waals surface area (Å²) in [7, 11) is 0. The molecule has 0 aliphatic heterocycles. The molecule has 4 heteroatoms. The van der Waals surface area contributed by atoms with Crippen molar-refractivity contribution in [2.45, 2.75) is 6.92 Å². The van der Waals surface area contributed by atoms with Crippen LogP contribution >= 0.6 is 0 Å². The van der Waals surface area contributed by atoms with Crippen LogP contribution in [0.1, 0.15) is 6.92 Å². The number of carbonyl (C=O) groups is 2. The minimum atomic E-state index is 0.233. The smallest absolute Gasteiger partial charge is 0.298 e. The zero-order valence-corrected chi connectivity index (χ0v) is 4.87. The van der Waals surface area contributed by atoms with Gasteiger partial charge in [-0.3, -0.25) is 9.59 Å². The largest absolute Gasteiger partial charge is 0.433 e. The first-order valence-electron chi connectivity index (χ1n) is 2.17. The zero-order valence-electron chi connectivity index (χ0n) is 4.87. The molecule has 0 unspecified atom stereocenters. The molecule has 0 aromatic rings. The summed E-state index contributed by atoms with van der Waals surface area (Å²) in [6.45, 7) is 1.97. The lowest BCUT2D eigenvalue weighted by molar-refractivity contribution is -0.127. The van der Waals surface area contributed by atoms with Gasteiger partial charge in [0.2, 0.25) is 0 Å². The molecule has 0 aromatic heterocycles. The highest BCUT2D eigenvalue weighted by Gasteiger charge is 1.84. The molecule has 0 atom stereocenters. The van der Waals surface area contributed by atoms with Crippen molar-refractivity contribution >= 4 is 12.9 Å². The highest BCUT2D eigenvalue weighted by molar-refractivity contribution is 5.41. The third kappa shape index (κ3) is 4.53. The molecule has 9 heavy (non-hydrogen) atoms. The summed E-state index contributed by atoms with van der Waals surface area (Å²) < 4.78 is 8.36. The number of carbonyl (C=O) groups excluding carboxylic acids is 2. The normalized spacial score (nSPS) is 10.1. The lowest BCUT2D eigenvalue weighted by Gasteiger charge is -1.92. The van der Waals surface area contributed by atoms with Gasteiger partial charge in [-0.2, -0.15) is 0 Å². The predicted octanol–water partition coefficient (Wildman–Crippen LogP) is 0.194. The SMILES string of the molecule is C/C(=C/OC=O)OC=O. The second-order valence-corrected chi connectivity index (χ2v) is 1.17. The van der Waals surface area contributed by atoms with E-state index in [1.807, 2.05) is 0 Å². The van der Waals surface area contributed by atoms with Crippen molar-refractivity contribution in [2.75, 3.05) is 0 Å². The molecule has 0 radical (unpaired) electrons. The summed E-state index contributed by atoms with van der Waals surface area (Å²) >= 11 is 0. The first-order chi connectivity index (χ1) is 4.31. The van der Waals surface area contributed by atoms with Gasteiger partial charge >= 0.3 is 0 Å². The lowest BCUT2D eigenvalue weighted by Crippen LogP contribution is -1.85. The van der Waals surface area contributed by atoms with Crippen LogP contribution in [-0.2, 0) is 19.1 Å². The van der Waals surface area contributed by atoms with Crippen molar-refractivity contribution in [1.29, 1.82) is 0 Å². The van der Waals surface area contributed by atoms with Gasteiger partial charge in [-0.15, -0.1) is 0 Å². The average molecular weight is 130 g/mol. The van der Waals surface area contributed by atoms with Gasteiger partial charge in [0.15, 0.2) is 0 Å². The van der Waals surface area contributed by atoms with Crippen LogP contribution in [0.3, 0.4) is 0 Å². The summed E-state index contributed by atoms with van der Waals surface area (Å²) in [4.78, 5) is 19.1. The summed E-state index contributed by atoms with van der Waals surface area (Å²) in [5.41, 5.74) is 0. The Morgan fingerprint density at radius 1 is 1.33 bits per heavy atom. The van der Waals surface area contributed by atoms with E-state index in [0.717, 1.165) is 6.26 Å². The maximum atomic E-state index is 9.57. The highest BCUT2D eigenvalue weighted by Crippen LogP contribution is 1.90. The standard InChI is InChI=1S/C5H6O4/c1-5(9-4-7)2-8-3-6/h2-4H,1H3/b5-2-. The van der Waals surface area contributed by atoms with Crippen LogP contribution in [0.4, 0.5) is 0 Å². The van der Waals surface area contributed by atoms with Gasteiger partial charge in [0.1, 0.15) is 12.0 Å². The van der Waals surface area contributed by atoms with Crippen LogP contribution in [0.5, 0.6) is 0 Å². The maximum absolute atomic E-state index is 9.57. The van der Waals surface area contributed by atoms with E-state index in [1.165, 1.54) is 6.92 Å². The fraction of sp³-hybridized carbons (Fsp3) is 0.200. The molecule has 0 aliphatic rings. The van der Waals surface area contributed by atoms with Gasteiger partial charge in [-0.05, 0) is 6.92 Å². The van der Waals surface area contributed by atoms with Crippen LogP contribution in [0.2, 0.25) is 0 Å². The molecule has 0 rings (SSSR count). The molecule has 0 amide bonds. The van der Waals surface area contributed by atoms with Crippen molar-refractivity contribution in [3.8, 4) is 0 Å². The van der Waals surface area contributed by atoms with Crippen LogP contribution in [0, 0.1) is 0 Å². The monoisotopic (exact) mass is 130 g/mol. The molecule has 0 fully saturated rings. The number of hydrogen-bond acceptors (Lipinski definition) is 4. The van der Waals surface area contributed by atoms with E-state index in [4.69, 9.17) is 0 Å². The van der Waals surface area contributed by atoms with Gasteiger partial charge in [0, 0.05) is 0 Å². The van der Waals surface area contributed by atoms with Gasteiger partial charge < -0.3 is 9.47 Å². The summed E-state index contributed by atoms with van der Waals surface area (Å²) in [5.74, 6) is 0.233. The van der Waals surface area contributed by atoms with Crippen molar-refractivity contribution in [2.24, 2.45) is 0 Å². The average Bonchev–Trinajstić information content (AvgIpc) is 1.85. The minimum absolute atomic E-state index is 0.233. The second kappa shape index (κ2) is 4.83. The number of ether oxygens (including phenoxy) is 2. The number of hydrogen-bond donors (Lipinski definition) is 0. The van der Waals surface area contributed by atoms with Crippen molar-refractivity contribution in [3.63, 3.8) is 0 Å². The molecule has 0 aromatic carbocycles. The van der Waals surface area contributed by atoms with E-state index >= 15 is 0 Å². The molecule has 0 aliphatic carbocycles. The van der Waals surface area contributed by atoms with E-state index in [0.29, 0.717) is 0 Å². The summed E-state index contributed by atoms with van der Waals surface area (Å²) in [6, 6.07) is 0. The molecule has 0 spiro atoms. The number of allylic oxidation sites excluding steroid dienone is 1. The molecule has 0 bridgehead atoms. The second-order valence-electron chi connectivity index (χ2n) is 1.17. The van der Waals surface area contributed by atoms with E-state index in [1.54, 1.807) is 0 Å². The molecule has 0 N–H and O–H groups in total. The topological polar surface area (TPSA) is 52.6 Å². The Kier molecular flexibility index (Phi) is 4.12. The Morgan fingerprint density at radius 2 is 2.00 bits per heavy atom. The van der Waals surface area contributed by atoms with Crippen LogP contribution in [-0.4, -0.2) is 12.9 Å². The fourth-order valence-electron chi connectivity index (χ4n) is 0.227. The van der Waals surface area contributed by atoms with E-state index in [-0.39, 0.29) is 18.7 Å². The van der Waals surface area contributed by atoms with Gasteiger partial charge in [0.05, 0.1) is 0 Å². The third-order valence-corrected chi connectivity index (χ3v) is 0.524. The molecule has 0 saturated heterocycles. The molecule has 50 valence electrons. The Hall–Kier alpha value is -1.32. The van der Waals surface area contributed by atoms with E-state index < -0.39 is 0 Å². The van der Waals surface area contributed by atoms with Crippen LogP contribution in [0.15, 0.2) is 12.0 Å².